The summed E-state index contributed by atoms with van der Waals surface area (Å²) >= 11 is 16.8. The van der Waals surface area contributed by atoms with Crippen LogP contribution in [0.15, 0.2) is 51.4 Å². The molecule has 0 fully saturated rings. The highest BCUT2D eigenvalue weighted by Gasteiger charge is 2.12. The van der Waals surface area contributed by atoms with Gasteiger partial charge in [0.1, 0.15) is 0 Å². The molecule has 18 heavy (non-hydrogen) atoms. The van der Waals surface area contributed by atoms with Crippen LogP contribution in [0.3, 0.4) is 0 Å². The minimum Gasteiger partial charge on any atom is -0.0843 e. The lowest BCUT2D eigenvalue weighted by atomic mass is 10.0. The minimum absolute atomic E-state index is 0.262. The molecule has 4 heteroatoms. The molecule has 1 unspecified atom stereocenters. The van der Waals surface area contributed by atoms with E-state index in [1.807, 2.05) is 24.3 Å². The van der Waals surface area contributed by atoms with Crippen molar-refractivity contribution >= 4 is 59.4 Å². The van der Waals surface area contributed by atoms with Gasteiger partial charge in [0.2, 0.25) is 0 Å². The summed E-state index contributed by atoms with van der Waals surface area (Å²) in [6.45, 7) is 0. The van der Waals surface area contributed by atoms with E-state index in [0.29, 0.717) is 0 Å². The van der Waals surface area contributed by atoms with Gasteiger partial charge in [-0.2, -0.15) is 0 Å². The van der Waals surface area contributed by atoms with Gasteiger partial charge in [0.25, 0.3) is 0 Å². The van der Waals surface area contributed by atoms with Crippen LogP contribution in [0.1, 0.15) is 16.0 Å². The van der Waals surface area contributed by atoms with Gasteiger partial charge in [-0.05, 0) is 41.8 Å². The molecule has 94 valence electrons. The molecule has 0 aliphatic rings. The lowest BCUT2D eigenvalue weighted by molar-refractivity contribution is 0.943. The van der Waals surface area contributed by atoms with E-state index in [1.54, 1.807) is 0 Å². The summed E-state index contributed by atoms with van der Waals surface area (Å²) in [4.78, 5) is 0.262. The maximum Gasteiger partial charge on any atom is 0.0446 e. The first-order valence-electron chi connectivity index (χ1n) is 5.40. The Bertz CT molecular complexity index is 554. The molecule has 0 saturated carbocycles. The summed E-state index contributed by atoms with van der Waals surface area (Å²) in [5.41, 5.74) is 2.46. The monoisotopic (exact) mass is 450 g/mol. The first kappa shape index (κ1) is 14.6. The smallest absolute Gasteiger partial charge is 0.0446 e. The summed E-state index contributed by atoms with van der Waals surface area (Å²) in [6, 6.07) is 14.2. The third kappa shape index (κ3) is 3.83. The lowest BCUT2D eigenvalue weighted by Gasteiger charge is -2.13. The van der Waals surface area contributed by atoms with Crippen LogP contribution in [0.25, 0.3) is 0 Å². The molecule has 0 bridgehead atoms. The Kier molecular flexibility index (Phi) is 5.31. The van der Waals surface area contributed by atoms with Crippen LogP contribution >= 0.6 is 59.4 Å². The van der Waals surface area contributed by atoms with Crippen molar-refractivity contribution in [1.82, 2.24) is 0 Å². The van der Waals surface area contributed by atoms with Crippen molar-refractivity contribution in [1.29, 1.82) is 0 Å². The first-order chi connectivity index (χ1) is 8.56. The third-order valence-electron chi connectivity index (χ3n) is 2.60. The number of hydrogen-bond acceptors (Lipinski definition) is 0. The molecule has 2 rings (SSSR count). The highest BCUT2D eigenvalue weighted by Crippen LogP contribution is 2.34. The van der Waals surface area contributed by atoms with Crippen LogP contribution in [-0.4, -0.2) is 0 Å². The van der Waals surface area contributed by atoms with Crippen LogP contribution in [0.2, 0.25) is 5.02 Å². The fourth-order valence-electron chi connectivity index (χ4n) is 1.74. The number of halogens is 4. The van der Waals surface area contributed by atoms with E-state index in [9.17, 15) is 0 Å². The minimum atomic E-state index is 0.262. The van der Waals surface area contributed by atoms with E-state index in [0.717, 1.165) is 20.4 Å². The molecular weight excluding hydrogens is 443 g/mol. The largest absolute Gasteiger partial charge is 0.0843 e. The topological polar surface area (TPSA) is 0 Å². The Morgan fingerprint density at radius 2 is 1.83 bits per heavy atom. The molecule has 2 aromatic rings. The summed E-state index contributed by atoms with van der Waals surface area (Å²) in [6.07, 6.45) is 0.904. The van der Waals surface area contributed by atoms with E-state index in [1.165, 1.54) is 11.1 Å². The molecule has 0 aliphatic carbocycles. The Morgan fingerprint density at radius 1 is 1.06 bits per heavy atom. The van der Waals surface area contributed by atoms with Crippen molar-refractivity contribution in [3.63, 3.8) is 0 Å². The Morgan fingerprint density at radius 3 is 2.50 bits per heavy atom. The van der Waals surface area contributed by atoms with Crippen LogP contribution in [-0.2, 0) is 6.42 Å². The summed E-state index contributed by atoms with van der Waals surface area (Å²) in [5, 5.41) is 0.780. The van der Waals surface area contributed by atoms with Crippen molar-refractivity contribution in [2.24, 2.45) is 0 Å². The molecule has 0 heterocycles. The second kappa shape index (κ2) is 6.56. The fraction of sp³-hybridized carbons (Fsp3) is 0.143. The van der Waals surface area contributed by atoms with Gasteiger partial charge in [-0.15, -0.1) is 0 Å². The van der Waals surface area contributed by atoms with Gasteiger partial charge in [-0.25, -0.2) is 0 Å². The van der Waals surface area contributed by atoms with Gasteiger partial charge >= 0.3 is 0 Å². The fourth-order valence-corrected chi connectivity index (χ4v) is 4.35. The van der Waals surface area contributed by atoms with Gasteiger partial charge in [-0.1, -0.05) is 77.6 Å². The molecule has 0 aromatic heterocycles. The maximum absolute atomic E-state index is 6.00. The van der Waals surface area contributed by atoms with Gasteiger partial charge in [-0.3, -0.25) is 0 Å². The standard InChI is InChI=1S/C14H10Br3Cl/c15-10-4-5-12(14(17)8-10)13(16)7-9-2-1-3-11(18)6-9/h1-6,8,13H,7H2. The predicted molar refractivity (Wildman–Crippen MR) is 88.7 cm³/mol. The average molecular weight is 453 g/mol. The maximum atomic E-state index is 6.00. The van der Waals surface area contributed by atoms with Crippen molar-refractivity contribution in [2.75, 3.05) is 0 Å². The zero-order valence-corrected chi connectivity index (χ0v) is 14.9. The van der Waals surface area contributed by atoms with E-state index < -0.39 is 0 Å². The quantitative estimate of drug-likeness (QED) is 0.463. The summed E-state index contributed by atoms with van der Waals surface area (Å²) < 4.78 is 2.17. The highest BCUT2D eigenvalue weighted by atomic mass is 79.9. The molecule has 1 atom stereocenters. The van der Waals surface area contributed by atoms with Gasteiger partial charge < -0.3 is 0 Å². The number of benzene rings is 2. The third-order valence-corrected chi connectivity index (χ3v) is 4.84. The molecule has 0 radical (unpaired) electrons. The number of rotatable bonds is 3. The molecule has 2 aromatic carbocycles. The van der Waals surface area contributed by atoms with E-state index in [-0.39, 0.29) is 4.83 Å². The van der Waals surface area contributed by atoms with Crippen molar-refractivity contribution in [3.05, 3.63) is 67.6 Å². The number of alkyl halides is 1. The Balaban J connectivity index is 2.19. The van der Waals surface area contributed by atoms with Crippen molar-refractivity contribution in [3.8, 4) is 0 Å². The molecule has 0 amide bonds. The molecule has 0 saturated heterocycles. The molecule has 0 nitrogen and oxygen atoms in total. The van der Waals surface area contributed by atoms with Crippen molar-refractivity contribution in [2.45, 2.75) is 11.2 Å². The second-order valence-electron chi connectivity index (χ2n) is 3.97. The highest BCUT2D eigenvalue weighted by molar-refractivity contribution is 9.11. The molecule has 0 N–H and O–H groups in total. The van der Waals surface area contributed by atoms with Crippen LogP contribution in [0.4, 0.5) is 0 Å². The zero-order valence-electron chi connectivity index (χ0n) is 9.34. The molecule has 0 spiro atoms. The van der Waals surface area contributed by atoms with Crippen LogP contribution in [0.5, 0.6) is 0 Å². The molecular formula is C14H10Br3Cl. The zero-order chi connectivity index (χ0) is 13.1. The molecule has 0 aliphatic heterocycles. The van der Waals surface area contributed by atoms with Gasteiger partial charge in [0.05, 0.1) is 0 Å². The van der Waals surface area contributed by atoms with Gasteiger partial charge in [0.15, 0.2) is 0 Å². The van der Waals surface area contributed by atoms with Gasteiger partial charge in [0, 0.05) is 18.8 Å². The Labute approximate surface area is 137 Å². The summed E-state index contributed by atoms with van der Waals surface area (Å²) in [7, 11) is 0. The van der Waals surface area contributed by atoms with E-state index >= 15 is 0 Å². The van der Waals surface area contributed by atoms with E-state index in [4.69, 9.17) is 11.6 Å². The summed E-state index contributed by atoms with van der Waals surface area (Å²) in [5.74, 6) is 0. The first-order valence-corrected chi connectivity index (χ1v) is 8.27. The van der Waals surface area contributed by atoms with Crippen molar-refractivity contribution < 1.29 is 0 Å². The average Bonchev–Trinajstić information content (AvgIpc) is 2.28. The Hall–Kier alpha value is 0.170. The lowest BCUT2D eigenvalue weighted by Crippen LogP contribution is -1.96. The predicted octanol–water partition coefficient (Wildman–Crippen LogP) is 6.54. The van der Waals surface area contributed by atoms with Crippen LogP contribution < -0.4 is 0 Å². The second-order valence-corrected chi connectivity index (χ2v) is 7.28. The number of hydrogen-bond donors (Lipinski definition) is 0. The van der Waals surface area contributed by atoms with E-state index in [2.05, 4.69) is 66.0 Å². The SMILES string of the molecule is Clc1cccc(CC(Br)c2ccc(Br)cc2Br)c1. The van der Waals surface area contributed by atoms with Crippen LogP contribution in [0, 0.1) is 0 Å². The normalized spacial score (nSPS) is 12.4.